The highest BCUT2D eigenvalue weighted by Gasteiger charge is 2.07. The molecule has 0 saturated heterocycles. The lowest BCUT2D eigenvalue weighted by Crippen LogP contribution is -1.98. The van der Waals surface area contributed by atoms with Crippen LogP contribution in [0.1, 0.15) is 59.1 Å². The maximum absolute atomic E-state index is 5.75. The average Bonchev–Trinajstić information content (AvgIpc) is 3.19. The topological polar surface area (TPSA) is 49.2 Å². The Morgan fingerprint density at radius 2 is 1.67 bits per heavy atom. The molecule has 5 heteroatoms. The number of methoxy groups -OCH3 is 1. The van der Waals surface area contributed by atoms with E-state index >= 15 is 0 Å². The molecule has 1 aromatic carbocycles. The summed E-state index contributed by atoms with van der Waals surface area (Å²) in [6.07, 6.45) is 13.1. The second kappa shape index (κ2) is 12.8. The normalized spacial score (nSPS) is 12.2. The minimum atomic E-state index is 0.433. The van der Waals surface area contributed by atoms with Crippen LogP contribution in [0.5, 0.6) is 5.75 Å². The van der Waals surface area contributed by atoms with E-state index < -0.39 is 0 Å². The summed E-state index contributed by atoms with van der Waals surface area (Å²) in [6.45, 7) is 9.70. The van der Waals surface area contributed by atoms with E-state index in [1.54, 1.807) is 11.8 Å². The summed E-state index contributed by atoms with van der Waals surface area (Å²) in [5.41, 5.74) is 5.86. The van der Waals surface area contributed by atoms with Crippen LogP contribution in [-0.4, -0.2) is 28.7 Å². The number of hydrogen-bond acceptors (Lipinski definition) is 4. The number of hydrogen-bond donors (Lipinski definition) is 0. The number of rotatable bonds is 12. The molecular formula is C25H35N3O2. The van der Waals surface area contributed by atoms with Gasteiger partial charge in [0.25, 0.3) is 0 Å². The summed E-state index contributed by atoms with van der Waals surface area (Å²) in [4.78, 5) is 0. The van der Waals surface area contributed by atoms with Gasteiger partial charge in [0.2, 0.25) is 0 Å². The molecule has 0 atom stereocenters. The van der Waals surface area contributed by atoms with Crippen molar-refractivity contribution in [1.82, 2.24) is 15.0 Å². The second-order valence-corrected chi connectivity index (χ2v) is 7.80. The monoisotopic (exact) mass is 409 g/mol. The molecule has 0 N–H and O–H groups in total. The van der Waals surface area contributed by atoms with Crippen molar-refractivity contribution in [2.24, 2.45) is 0 Å². The second-order valence-electron chi connectivity index (χ2n) is 7.80. The van der Waals surface area contributed by atoms with Gasteiger partial charge >= 0.3 is 0 Å². The van der Waals surface area contributed by atoms with Crippen LogP contribution < -0.4 is 4.74 Å². The molecule has 0 aliphatic rings. The van der Waals surface area contributed by atoms with Gasteiger partial charge in [0, 0.05) is 0 Å². The van der Waals surface area contributed by atoms with Crippen LogP contribution >= 0.6 is 0 Å². The molecule has 2 aromatic rings. The summed E-state index contributed by atoms with van der Waals surface area (Å²) in [7, 11) is 1.65. The fourth-order valence-electron chi connectivity index (χ4n) is 3.00. The highest BCUT2D eigenvalue weighted by Crippen LogP contribution is 2.21. The van der Waals surface area contributed by atoms with E-state index in [-0.39, 0.29) is 0 Å². The smallest absolute Gasteiger partial charge is 0.144 e. The number of allylic oxidation sites excluding steroid dienone is 5. The fraction of sp³-hybridized carbons (Fsp3) is 0.440. The first-order valence-electron chi connectivity index (χ1n) is 10.6. The number of aromatic nitrogens is 3. The Morgan fingerprint density at radius 1 is 0.967 bits per heavy atom. The Hall–Kier alpha value is -2.66. The largest absolute Gasteiger partial charge is 0.494 e. The number of ether oxygens (including phenoxy) is 2. The van der Waals surface area contributed by atoms with Gasteiger partial charge in [0.1, 0.15) is 17.1 Å². The van der Waals surface area contributed by atoms with Crippen LogP contribution in [0.15, 0.2) is 65.4 Å². The summed E-state index contributed by atoms with van der Waals surface area (Å²) in [5, 5.41) is 8.37. The van der Waals surface area contributed by atoms with Crippen LogP contribution in [-0.2, 0) is 11.3 Å². The van der Waals surface area contributed by atoms with E-state index in [1.807, 2.05) is 30.5 Å². The van der Waals surface area contributed by atoms with E-state index in [0.717, 1.165) is 42.8 Å². The minimum Gasteiger partial charge on any atom is -0.494 e. The van der Waals surface area contributed by atoms with Crippen molar-refractivity contribution in [2.45, 2.75) is 60.0 Å². The van der Waals surface area contributed by atoms with Crippen LogP contribution in [0.25, 0.3) is 5.69 Å². The summed E-state index contributed by atoms with van der Waals surface area (Å²) < 4.78 is 12.8. The molecule has 1 heterocycles. The zero-order valence-corrected chi connectivity index (χ0v) is 19.0. The lowest BCUT2D eigenvalue weighted by molar-refractivity contribution is 0.145. The van der Waals surface area contributed by atoms with Gasteiger partial charge in [-0.2, -0.15) is 0 Å². The van der Waals surface area contributed by atoms with Crippen molar-refractivity contribution < 1.29 is 9.47 Å². The fourth-order valence-corrected chi connectivity index (χ4v) is 3.00. The number of nitrogens with zero attached hydrogens (tertiary/aromatic N) is 3. The summed E-state index contributed by atoms with van der Waals surface area (Å²) in [5.74, 6) is 0.759. The van der Waals surface area contributed by atoms with Gasteiger partial charge in [-0.15, -0.1) is 5.10 Å². The van der Waals surface area contributed by atoms with Gasteiger partial charge in [-0.3, -0.25) is 0 Å². The summed E-state index contributed by atoms with van der Waals surface area (Å²) in [6, 6.07) is 7.73. The quantitative estimate of drug-likeness (QED) is 0.309. The molecule has 0 unspecified atom stereocenters. The van der Waals surface area contributed by atoms with E-state index in [9.17, 15) is 0 Å². The molecule has 30 heavy (non-hydrogen) atoms. The predicted molar refractivity (Wildman–Crippen MR) is 123 cm³/mol. The first kappa shape index (κ1) is 23.6. The van der Waals surface area contributed by atoms with E-state index in [0.29, 0.717) is 13.2 Å². The molecule has 2 rings (SSSR count). The van der Waals surface area contributed by atoms with Gasteiger partial charge in [-0.25, -0.2) is 4.68 Å². The van der Waals surface area contributed by atoms with E-state index in [1.165, 1.54) is 16.7 Å². The lowest BCUT2D eigenvalue weighted by Gasteiger charge is -2.06. The van der Waals surface area contributed by atoms with Crippen LogP contribution in [0.2, 0.25) is 0 Å². The predicted octanol–water partition coefficient (Wildman–Crippen LogP) is 6.21. The van der Waals surface area contributed by atoms with Crippen molar-refractivity contribution in [1.29, 1.82) is 0 Å². The Balaban J connectivity index is 1.72. The van der Waals surface area contributed by atoms with Crippen LogP contribution in [0, 0.1) is 0 Å². The third-order valence-corrected chi connectivity index (χ3v) is 4.80. The molecule has 0 bridgehead atoms. The zero-order valence-electron chi connectivity index (χ0n) is 19.0. The number of benzene rings is 1. The van der Waals surface area contributed by atoms with Gasteiger partial charge in [0.15, 0.2) is 0 Å². The highest BCUT2D eigenvalue weighted by atomic mass is 16.5. The third kappa shape index (κ3) is 8.37. The Morgan fingerprint density at radius 3 is 2.40 bits per heavy atom. The first-order valence-corrected chi connectivity index (χ1v) is 10.6. The zero-order chi connectivity index (χ0) is 21.8. The molecule has 0 aliphatic carbocycles. The van der Waals surface area contributed by atoms with Gasteiger partial charge in [-0.1, -0.05) is 52.3 Å². The van der Waals surface area contributed by atoms with Gasteiger partial charge in [0.05, 0.1) is 26.5 Å². The van der Waals surface area contributed by atoms with Crippen molar-refractivity contribution in [3.63, 3.8) is 0 Å². The van der Waals surface area contributed by atoms with Crippen molar-refractivity contribution in [3.05, 3.63) is 71.1 Å². The highest BCUT2D eigenvalue weighted by molar-refractivity contribution is 5.45. The van der Waals surface area contributed by atoms with E-state index in [2.05, 4.69) is 56.2 Å². The molecule has 0 saturated carbocycles. The maximum atomic E-state index is 5.75. The molecule has 0 aliphatic heterocycles. The average molecular weight is 410 g/mol. The molecule has 0 radical (unpaired) electrons. The Bertz CT molecular complexity index is 874. The molecule has 5 nitrogen and oxygen atoms in total. The van der Waals surface area contributed by atoms with Crippen molar-refractivity contribution in [2.75, 3.05) is 13.7 Å². The Labute approximate surface area is 181 Å². The molecule has 162 valence electrons. The van der Waals surface area contributed by atoms with Crippen LogP contribution in [0.4, 0.5) is 0 Å². The van der Waals surface area contributed by atoms with Gasteiger partial charge in [-0.05, 0) is 65.5 Å². The van der Waals surface area contributed by atoms with Gasteiger partial charge < -0.3 is 9.47 Å². The molecule has 0 amide bonds. The number of para-hydroxylation sites is 2. The standard InChI is InChI=1S/C25H35N3O2/c1-20(2)10-8-11-21(3)12-9-13-22(4)16-17-30-19-23-18-28(27-26-23)24-14-6-7-15-25(24)29-5/h6-7,10,12,14-16,18H,8-9,11,13,17,19H2,1-5H3/b21-12+,22-16+. The molecular weight excluding hydrogens is 374 g/mol. The van der Waals surface area contributed by atoms with E-state index in [4.69, 9.17) is 9.47 Å². The van der Waals surface area contributed by atoms with Crippen LogP contribution in [0.3, 0.4) is 0 Å². The SMILES string of the molecule is COc1ccccc1-n1cc(COC/C=C(\C)CC/C=C(\C)CCC=C(C)C)nn1. The van der Waals surface area contributed by atoms with Crippen molar-refractivity contribution >= 4 is 0 Å². The first-order chi connectivity index (χ1) is 14.5. The Kier molecular flexibility index (Phi) is 10.1. The maximum Gasteiger partial charge on any atom is 0.144 e. The lowest BCUT2D eigenvalue weighted by atomic mass is 10.1. The third-order valence-electron chi connectivity index (χ3n) is 4.80. The molecule has 0 spiro atoms. The minimum absolute atomic E-state index is 0.433. The summed E-state index contributed by atoms with van der Waals surface area (Å²) >= 11 is 0. The molecule has 0 fully saturated rings. The van der Waals surface area contributed by atoms with Crippen molar-refractivity contribution in [3.8, 4) is 11.4 Å². The molecule has 1 aromatic heterocycles.